The van der Waals surface area contributed by atoms with E-state index in [0.29, 0.717) is 23.1 Å². The minimum Gasteiger partial charge on any atom is -0.383 e. The molecule has 0 bridgehead atoms. The fraction of sp³-hybridized carbons (Fsp3) is 0.368. The van der Waals surface area contributed by atoms with Crippen LogP contribution in [0.15, 0.2) is 42.5 Å². The Morgan fingerprint density at radius 1 is 1.31 bits per heavy atom. The van der Waals surface area contributed by atoms with E-state index in [9.17, 15) is 4.79 Å². The second-order valence-electron chi connectivity index (χ2n) is 6.27. The van der Waals surface area contributed by atoms with Gasteiger partial charge in [0.05, 0.1) is 18.0 Å². The number of pyridine rings is 1. The molecule has 1 unspecified atom stereocenters. The molecule has 26 heavy (non-hydrogen) atoms. The van der Waals surface area contributed by atoms with E-state index in [-0.39, 0.29) is 12.1 Å². The van der Waals surface area contributed by atoms with Crippen LogP contribution in [0.25, 0.3) is 11.3 Å². The zero-order chi connectivity index (χ0) is 18.4. The van der Waals surface area contributed by atoms with Crippen LogP contribution >= 0.6 is 11.6 Å². The number of ether oxygens (including phenoxy) is 1. The number of benzene rings is 1. The fourth-order valence-electron chi connectivity index (χ4n) is 3.07. The van der Waals surface area contributed by atoms with Crippen molar-refractivity contribution >= 4 is 23.3 Å². The predicted molar refractivity (Wildman–Crippen MR) is 104 cm³/mol. The number of hydrogen-bond acceptors (Lipinski definition) is 4. The Morgan fingerprint density at radius 3 is 2.88 bits per heavy atom. The summed E-state index contributed by atoms with van der Waals surface area (Å²) >= 11 is 6.04. The maximum absolute atomic E-state index is 12.4. The molecule has 2 aromatic rings. The van der Waals surface area contributed by atoms with Crippen molar-refractivity contribution in [3.05, 3.63) is 47.6 Å². The van der Waals surface area contributed by atoms with E-state index in [1.54, 1.807) is 19.2 Å². The molecule has 6 nitrogen and oxygen atoms in total. The number of likely N-dealkylation sites (tertiary alicyclic amines) is 1. The molecule has 2 amide bonds. The minimum atomic E-state index is -0.232. The quantitative estimate of drug-likeness (QED) is 0.762. The van der Waals surface area contributed by atoms with E-state index in [1.165, 1.54) is 0 Å². The third kappa shape index (κ3) is 4.94. The second kappa shape index (κ2) is 8.98. The number of carbonyl (C=O) groups excluding carboxylic acids is 1. The molecule has 1 saturated heterocycles. The average molecular weight is 375 g/mol. The van der Waals surface area contributed by atoms with E-state index in [4.69, 9.17) is 16.3 Å². The smallest absolute Gasteiger partial charge is 0.319 e. The Hall–Kier alpha value is -2.15. The molecule has 2 N–H and O–H groups in total. The zero-order valence-corrected chi connectivity index (χ0v) is 15.5. The van der Waals surface area contributed by atoms with Crippen molar-refractivity contribution in [2.45, 2.75) is 12.5 Å². The fourth-order valence-corrected chi connectivity index (χ4v) is 3.22. The molecule has 2 heterocycles. The van der Waals surface area contributed by atoms with Crippen LogP contribution in [0, 0.1) is 0 Å². The molecule has 3 rings (SSSR count). The monoisotopic (exact) mass is 374 g/mol. The Kier molecular flexibility index (Phi) is 6.44. The lowest BCUT2D eigenvalue weighted by Crippen LogP contribution is -2.40. The molecule has 1 aliphatic heterocycles. The highest BCUT2D eigenvalue weighted by atomic mass is 35.5. The Morgan fingerprint density at radius 2 is 2.12 bits per heavy atom. The van der Waals surface area contributed by atoms with Gasteiger partial charge in [0.15, 0.2) is 0 Å². The number of amides is 2. The summed E-state index contributed by atoms with van der Waals surface area (Å²) in [7, 11) is 1.70. The van der Waals surface area contributed by atoms with Crippen molar-refractivity contribution in [1.29, 1.82) is 0 Å². The van der Waals surface area contributed by atoms with Crippen LogP contribution in [0.2, 0.25) is 5.15 Å². The summed E-state index contributed by atoms with van der Waals surface area (Å²) in [6, 6.07) is 13.0. The number of nitrogens with one attached hydrogen (secondary N) is 2. The van der Waals surface area contributed by atoms with Gasteiger partial charge in [0.2, 0.25) is 0 Å². The molecule has 1 aromatic carbocycles. The molecule has 0 aliphatic carbocycles. The summed E-state index contributed by atoms with van der Waals surface area (Å²) < 4.78 is 5.10. The second-order valence-corrected chi connectivity index (χ2v) is 6.66. The summed E-state index contributed by atoms with van der Waals surface area (Å²) in [5.41, 5.74) is 2.19. The van der Waals surface area contributed by atoms with Gasteiger partial charge in [-0.3, -0.25) is 4.90 Å². The highest BCUT2D eigenvalue weighted by Gasteiger charge is 2.23. The number of anilines is 1. The molecule has 1 fully saturated rings. The number of aromatic nitrogens is 1. The number of nitrogens with zero attached hydrogens (tertiary/aromatic N) is 2. The first-order valence-electron chi connectivity index (χ1n) is 8.66. The first-order valence-corrected chi connectivity index (χ1v) is 9.04. The maximum Gasteiger partial charge on any atom is 0.319 e. The largest absolute Gasteiger partial charge is 0.383 e. The van der Waals surface area contributed by atoms with Crippen LogP contribution < -0.4 is 10.6 Å². The van der Waals surface area contributed by atoms with Crippen LogP contribution in [-0.4, -0.2) is 55.3 Å². The normalized spacial score (nSPS) is 17.2. The topological polar surface area (TPSA) is 66.5 Å². The number of rotatable bonds is 6. The number of urea groups is 1. The lowest BCUT2D eigenvalue weighted by molar-refractivity contribution is 0.160. The van der Waals surface area contributed by atoms with Crippen LogP contribution in [0.5, 0.6) is 0 Å². The highest BCUT2D eigenvalue weighted by Crippen LogP contribution is 2.27. The van der Waals surface area contributed by atoms with Gasteiger partial charge in [-0.15, -0.1) is 0 Å². The Bertz CT molecular complexity index is 742. The van der Waals surface area contributed by atoms with Gasteiger partial charge >= 0.3 is 6.03 Å². The SMILES string of the molecule is COCCN1CCC(NC(=O)Nc2ccc(Cl)nc2-c2ccccc2)C1. The van der Waals surface area contributed by atoms with Crippen molar-refractivity contribution in [1.82, 2.24) is 15.2 Å². The maximum atomic E-state index is 12.4. The zero-order valence-electron chi connectivity index (χ0n) is 14.7. The average Bonchev–Trinajstić information content (AvgIpc) is 3.09. The Balaban J connectivity index is 1.63. The van der Waals surface area contributed by atoms with Gasteiger partial charge in [-0.2, -0.15) is 0 Å². The molecular formula is C19H23ClN4O2. The number of hydrogen-bond donors (Lipinski definition) is 2. The third-order valence-electron chi connectivity index (χ3n) is 4.38. The first kappa shape index (κ1) is 18.6. The first-order chi connectivity index (χ1) is 12.7. The van der Waals surface area contributed by atoms with Crippen molar-refractivity contribution in [3.8, 4) is 11.3 Å². The molecule has 1 aliphatic rings. The summed E-state index contributed by atoms with van der Waals surface area (Å²) in [5.74, 6) is 0. The van der Waals surface area contributed by atoms with E-state index in [2.05, 4.69) is 20.5 Å². The number of halogens is 1. The summed E-state index contributed by atoms with van der Waals surface area (Å²) in [5, 5.41) is 6.33. The van der Waals surface area contributed by atoms with Gasteiger partial charge in [-0.1, -0.05) is 41.9 Å². The van der Waals surface area contributed by atoms with Crippen LogP contribution in [0.4, 0.5) is 10.5 Å². The van der Waals surface area contributed by atoms with Gasteiger partial charge in [0, 0.05) is 38.3 Å². The van der Waals surface area contributed by atoms with E-state index in [0.717, 1.165) is 31.6 Å². The molecule has 138 valence electrons. The van der Waals surface area contributed by atoms with E-state index >= 15 is 0 Å². The van der Waals surface area contributed by atoms with Gasteiger partial charge < -0.3 is 15.4 Å². The van der Waals surface area contributed by atoms with Gasteiger partial charge in [-0.05, 0) is 18.6 Å². The Labute approximate surface area is 158 Å². The van der Waals surface area contributed by atoms with Crippen LogP contribution in [0.1, 0.15) is 6.42 Å². The van der Waals surface area contributed by atoms with Crippen molar-refractivity contribution in [2.75, 3.05) is 38.7 Å². The number of carbonyl (C=O) groups is 1. The molecule has 0 saturated carbocycles. The van der Waals surface area contributed by atoms with Crippen molar-refractivity contribution < 1.29 is 9.53 Å². The van der Waals surface area contributed by atoms with Crippen molar-refractivity contribution in [2.24, 2.45) is 0 Å². The summed E-state index contributed by atoms with van der Waals surface area (Å²) in [4.78, 5) is 19.1. The molecule has 7 heteroatoms. The lowest BCUT2D eigenvalue weighted by Gasteiger charge is -2.17. The molecule has 0 radical (unpaired) electrons. The van der Waals surface area contributed by atoms with Gasteiger partial charge in [0.1, 0.15) is 5.15 Å². The molecule has 0 spiro atoms. The highest BCUT2D eigenvalue weighted by molar-refractivity contribution is 6.29. The third-order valence-corrected chi connectivity index (χ3v) is 4.59. The van der Waals surface area contributed by atoms with Crippen LogP contribution in [-0.2, 0) is 4.74 Å². The van der Waals surface area contributed by atoms with E-state index in [1.807, 2.05) is 30.3 Å². The van der Waals surface area contributed by atoms with Crippen LogP contribution in [0.3, 0.4) is 0 Å². The van der Waals surface area contributed by atoms with Gasteiger partial charge in [-0.25, -0.2) is 9.78 Å². The standard InChI is InChI=1S/C19H23ClN4O2/c1-26-12-11-24-10-9-15(13-24)21-19(25)22-16-7-8-17(20)23-18(16)14-5-3-2-4-6-14/h2-8,15H,9-13H2,1H3,(H2,21,22,25). The number of methoxy groups -OCH3 is 1. The lowest BCUT2D eigenvalue weighted by atomic mass is 10.1. The summed E-state index contributed by atoms with van der Waals surface area (Å²) in [6.07, 6.45) is 0.932. The summed E-state index contributed by atoms with van der Waals surface area (Å²) in [6.45, 7) is 3.39. The molecular weight excluding hydrogens is 352 g/mol. The minimum absolute atomic E-state index is 0.132. The molecule has 1 aromatic heterocycles. The predicted octanol–water partition coefficient (Wildman–Crippen LogP) is 3.24. The molecule has 1 atom stereocenters. The van der Waals surface area contributed by atoms with Crippen molar-refractivity contribution in [3.63, 3.8) is 0 Å². The van der Waals surface area contributed by atoms with Gasteiger partial charge in [0.25, 0.3) is 0 Å². The van der Waals surface area contributed by atoms with E-state index < -0.39 is 0 Å².